The van der Waals surface area contributed by atoms with Crippen LogP contribution in [0.25, 0.3) is 0 Å². The lowest BCUT2D eigenvalue weighted by Crippen LogP contribution is -2.52. The fraction of sp³-hybridized carbons (Fsp3) is 0.524. The Labute approximate surface area is 155 Å². The standard InChI is InChI=1S/C21H28N4O/c26-21(19-8-6-18(7-9-19)16-23-11-10-22-17-23)25-14-12-24(13-15-25)20-4-2-1-3-5-20/h6-11,17,20H,1-5,12-16H2. The number of hydrogen-bond donors (Lipinski definition) is 0. The molecule has 4 rings (SSSR count). The van der Waals surface area contributed by atoms with Gasteiger partial charge in [0.1, 0.15) is 0 Å². The van der Waals surface area contributed by atoms with Gasteiger partial charge in [0.15, 0.2) is 0 Å². The number of hydrogen-bond acceptors (Lipinski definition) is 3. The molecule has 0 spiro atoms. The van der Waals surface area contributed by atoms with Gasteiger partial charge in [0.2, 0.25) is 0 Å². The summed E-state index contributed by atoms with van der Waals surface area (Å²) in [7, 11) is 0. The predicted octanol–water partition coefficient (Wildman–Crippen LogP) is 3.02. The summed E-state index contributed by atoms with van der Waals surface area (Å²) >= 11 is 0. The zero-order valence-electron chi connectivity index (χ0n) is 15.4. The Morgan fingerprint density at radius 1 is 1.00 bits per heavy atom. The van der Waals surface area contributed by atoms with E-state index in [4.69, 9.17) is 0 Å². The largest absolute Gasteiger partial charge is 0.336 e. The van der Waals surface area contributed by atoms with Crippen LogP contribution in [0.1, 0.15) is 48.0 Å². The molecule has 1 amide bonds. The normalized spacial score (nSPS) is 19.6. The van der Waals surface area contributed by atoms with Gasteiger partial charge >= 0.3 is 0 Å². The Morgan fingerprint density at radius 3 is 2.38 bits per heavy atom. The molecule has 1 saturated carbocycles. The van der Waals surface area contributed by atoms with Gasteiger partial charge in [0.05, 0.1) is 6.33 Å². The van der Waals surface area contributed by atoms with Crippen molar-refractivity contribution in [2.45, 2.75) is 44.7 Å². The van der Waals surface area contributed by atoms with Gasteiger partial charge in [-0.15, -0.1) is 0 Å². The van der Waals surface area contributed by atoms with E-state index >= 15 is 0 Å². The number of amides is 1. The molecule has 1 aliphatic heterocycles. The molecule has 2 aromatic rings. The smallest absolute Gasteiger partial charge is 0.253 e. The van der Waals surface area contributed by atoms with Crippen molar-refractivity contribution >= 4 is 5.91 Å². The van der Waals surface area contributed by atoms with Gasteiger partial charge in [-0.1, -0.05) is 31.4 Å². The maximum Gasteiger partial charge on any atom is 0.253 e. The lowest BCUT2D eigenvalue weighted by molar-refractivity contribution is 0.0523. The van der Waals surface area contributed by atoms with Crippen LogP contribution in [-0.2, 0) is 6.54 Å². The highest BCUT2D eigenvalue weighted by atomic mass is 16.2. The molecule has 5 nitrogen and oxygen atoms in total. The van der Waals surface area contributed by atoms with Gasteiger partial charge in [-0.25, -0.2) is 4.98 Å². The molecule has 0 atom stereocenters. The van der Waals surface area contributed by atoms with Crippen LogP contribution >= 0.6 is 0 Å². The average molecular weight is 352 g/mol. The lowest BCUT2D eigenvalue weighted by atomic mass is 9.94. The van der Waals surface area contributed by atoms with Gasteiger partial charge in [-0.2, -0.15) is 0 Å². The summed E-state index contributed by atoms with van der Waals surface area (Å²) in [5.74, 6) is 0.169. The van der Waals surface area contributed by atoms with Gasteiger partial charge in [-0.3, -0.25) is 9.69 Å². The molecular weight excluding hydrogens is 324 g/mol. The molecule has 2 aliphatic rings. The van der Waals surface area contributed by atoms with Gasteiger partial charge in [0, 0.05) is 56.7 Å². The zero-order valence-corrected chi connectivity index (χ0v) is 15.4. The third kappa shape index (κ3) is 3.98. The highest BCUT2D eigenvalue weighted by Crippen LogP contribution is 2.23. The lowest BCUT2D eigenvalue weighted by Gasteiger charge is -2.40. The zero-order chi connectivity index (χ0) is 17.8. The summed E-state index contributed by atoms with van der Waals surface area (Å²) in [4.78, 5) is 21.5. The maximum atomic E-state index is 12.8. The second-order valence-corrected chi connectivity index (χ2v) is 7.55. The fourth-order valence-electron chi connectivity index (χ4n) is 4.26. The van der Waals surface area contributed by atoms with E-state index in [1.165, 1.54) is 37.7 Å². The summed E-state index contributed by atoms with van der Waals surface area (Å²) in [6.07, 6.45) is 12.4. The third-order valence-corrected chi connectivity index (χ3v) is 5.82. The van der Waals surface area contributed by atoms with Crippen molar-refractivity contribution in [2.24, 2.45) is 0 Å². The third-order valence-electron chi connectivity index (χ3n) is 5.82. The molecule has 0 bridgehead atoms. The summed E-state index contributed by atoms with van der Waals surface area (Å²) < 4.78 is 2.03. The molecule has 1 aromatic carbocycles. The Kier molecular flexibility index (Phi) is 5.34. The second kappa shape index (κ2) is 8.04. The van der Waals surface area contributed by atoms with Crippen molar-refractivity contribution in [3.8, 4) is 0 Å². The molecule has 138 valence electrons. The monoisotopic (exact) mass is 352 g/mol. The van der Waals surface area contributed by atoms with Gasteiger partial charge in [-0.05, 0) is 30.5 Å². The summed E-state index contributed by atoms with van der Waals surface area (Å²) in [6.45, 7) is 4.54. The fourth-order valence-corrected chi connectivity index (χ4v) is 4.26. The molecule has 0 radical (unpaired) electrons. The van der Waals surface area contributed by atoms with Crippen LogP contribution in [0.3, 0.4) is 0 Å². The molecule has 5 heteroatoms. The second-order valence-electron chi connectivity index (χ2n) is 7.55. The Balaban J connectivity index is 1.31. The van der Waals surface area contributed by atoms with Crippen LogP contribution < -0.4 is 0 Å². The minimum absolute atomic E-state index is 0.169. The molecule has 0 unspecified atom stereocenters. The minimum atomic E-state index is 0.169. The molecule has 1 aliphatic carbocycles. The van der Waals surface area contributed by atoms with E-state index in [-0.39, 0.29) is 5.91 Å². The minimum Gasteiger partial charge on any atom is -0.336 e. The van der Waals surface area contributed by atoms with Crippen LogP contribution in [-0.4, -0.2) is 57.5 Å². The molecule has 1 saturated heterocycles. The van der Waals surface area contributed by atoms with E-state index in [2.05, 4.69) is 9.88 Å². The Bertz CT molecular complexity index is 696. The van der Waals surface area contributed by atoms with Crippen molar-refractivity contribution < 1.29 is 4.79 Å². The summed E-state index contributed by atoms with van der Waals surface area (Å²) in [5.41, 5.74) is 1.98. The highest BCUT2D eigenvalue weighted by Gasteiger charge is 2.27. The average Bonchev–Trinajstić information content (AvgIpc) is 3.22. The number of imidazole rings is 1. The predicted molar refractivity (Wildman–Crippen MR) is 102 cm³/mol. The molecule has 1 aromatic heterocycles. The Morgan fingerprint density at radius 2 is 1.73 bits per heavy atom. The molecule has 26 heavy (non-hydrogen) atoms. The number of piperazine rings is 1. The summed E-state index contributed by atoms with van der Waals surface area (Å²) in [5, 5.41) is 0. The van der Waals surface area contributed by atoms with Crippen molar-refractivity contribution in [1.82, 2.24) is 19.4 Å². The first kappa shape index (κ1) is 17.3. The van der Waals surface area contributed by atoms with E-state index in [0.717, 1.165) is 44.3 Å². The Hall–Kier alpha value is -2.14. The number of rotatable bonds is 4. The van der Waals surface area contributed by atoms with E-state index in [1.54, 1.807) is 6.20 Å². The van der Waals surface area contributed by atoms with Crippen molar-refractivity contribution in [1.29, 1.82) is 0 Å². The van der Waals surface area contributed by atoms with Crippen LogP contribution in [0.4, 0.5) is 0 Å². The topological polar surface area (TPSA) is 41.4 Å². The molecule has 2 fully saturated rings. The molecule has 0 N–H and O–H groups in total. The maximum absolute atomic E-state index is 12.8. The van der Waals surface area contributed by atoms with E-state index in [9.17, 15) is 4.79 Å². The van der Waals surface area contributed by atoms with E-state index < -0.39 is 0 Å². The first-order valence-electron chi connectivity index (χ1n) is 9.87. The number of benzene rings is 1. The molecule has 2 heterocycles. The van der Waals surface area contributed by atoms with Crippen molar-refractivity contribution in [3.05, 3.63) is 54.1 Å². The van der Waals surface area contributed by atoms with Crippen LogP contribution in [0, 0.1) is 0 Å². The summed E-state index contributed by atoms with van der Waals surface area (Å²) in [6, 6.07) is 8.77. The number of carbonyl (C=O) groups is 1. The van der Waals surface area contributed by atoms with Crippen LogP contribution in [0.15, 0.2) is 43.0 Å². The molecular formula is C21H28N4O. The SMILES string of the molecule is O=C(c1ccc(Cn2ccnc2)cc1)N1CCN(C2CCCCC2)CC1. The van der Waals surface area contributed by atoms with Crippen LogP contribution in [0.2, 0.25) is 0 Å². The first-order valence-corrected chi connectivity index (χ1v) is 9.87. The van der Waals surface area contributed by atoms with Crippen LogP contribution in [0.5, 0.6) is 0 Å². The van der Waals surface area contributed by atoms with E-state index in [0.29, 0.717) is 0 Å². The van der Waals surface area contributed by atoms with Gasteiger partial charge in [0.25, 0.3) is 5.91 Å². The highest BCUT2D eigenvalue weighted by molar-refractivity contribution is 5.94. The quantitative estimate of drug-likeness (QED) is 0.849. The number of aromatic nitrogens is 2. The van der Waals surface area contributed by atoms with Crippen molar-refractivity contribution in [2.75, 3.05) is 26.2 Å². The number of nitrogens with zero attached hydrogens (tertiary/aromatic N) is 4. The van der Waals surface area contributed by atoms with Gasteiger partial charge < -0.3 is 9.47 Å². The van der Waals surface area contributed by atoms with Crippen molar-refractivity contribution in [3.63, 3.8) is 0 Å². The van der Waals surface area contributed by atoms with E-state index in [1.807, 2.05) is 46.3 Å². The first-order chi connectivity index (χ1) is 12.8. The number of carbonyl (C=O) groups excluding carboxylic acids is 1.